The van der Waals surface area contributed by atoms with Gasteiger partial charge in [0.25, 0.3) is 27.1 Å². The number of azo groups is 1. The minimum atomic E-state index is -4.84. The van der Waals surface area contributed by atoms with Crippen LogP contribution >= 0.6 is 34.8 Å². The van der Waals surface area contributed by atoms with E-state index in [0.717, 1.165) is 6.07 Å². The largest absolute Gasteiger partial charge is 0.324 e. The summed E-state index contributed by atoms with van der Waals surface area (Å²) in [5.74, 6) is 0.153. The lowest BCUT2D eigenvalue weighted by molar-refractivity contribution is -0.386. The van der Waals surface area contributed by atoms with Gasteiger partial charge in [-0.3, -0.25) is 34.1 Å². The van der Waals surface area contributed by atoms with Gasteiger partial charge in [0.15, 0.2) is 0 Å². The highest BCUT2D eigenvalue weighted by molar-refractivity contribution is 7.86. The van der Waals surface area contributed by atoms with Gasteiger partial charge < -0.3 is 10.6 Å². The van der Waals surface area contributed by atoms with Crippen LogP contribution in [0.25, 0.3) is 38.8 Å². The molecule has 9 aromatic rings. The highest BCUT2D eigenvalue weighted by Crippen LogP contribution is 2.39. The molecule has 2 heterocycles. The van der Waals surface area contributed by atoms with Crippen molar-refractivity contribution in [1.82, 2.24) is 24.5 Å². The number of benzene rings is 7. The summed E-state index contributed by atoms with van der Waals surface area (Å²) < 4.78 is 36.9. The summed E-state index contributed by atoms with van der Waals surface area (Å²) in [7, 11) is -4.84. The molecule has 3 N–H and O–H groups in total. The SMILES string of the molecule is O=c1c2ccc(Cl)cc2nc(-c2ccccc2)n1-c1ccc(Cc2ccc(N=Nc3ccc(Nc4nc(Cl)nc(Nc5ccc(Cl)cc5)n4)c4c(S(=O)(=O)O)cccc34)cc2[N+](=O)[O-])c([N+](=O)[O-])c1. The fourth-order valence-corrected chi connectivity index (χ4v) is 8.63. The Balaban J connectivity index is 1.04. The molecule has 2 aromatic heterocycles. The molecule has 0 atom stereocenters. The Morgan fingerprint density at radius 1 is 0.667 bits per heavy atom. The second-order valence-electron chi connectivity index (χ2n) is 14.9. The Morgan fingerprint density at radius 3 is 2.06 bits per heavy atom. The van der Waals surface area contributed by atoms with Crippen LogP contribution in [0.5, 0.6) is 0 Å². The highest BCUT2D eigenvalue weighted by atomic mass is 35.5. The summed E-state index contributed by atoms with van der Waals surface area (Å²) in [5.41, 5.74) is 0.702. The van der Waals surface area contributed by atoms with Crippen LogP contribution in [0.15, 0.2) is 159 Å². The molecule has 0 bridgehead atoms. The number of nitro groups is 2. The van der Waals surface area contributed by atoms with Crippen molar-refractivity contribution in [3.63, 3.8) is 0 Å². The monoisotopic (exact) mass is 999 g/mol. The van der Waals surface area contributed by atoms with E-state index in [9.17, 15) is 38.0 Å². The van der Waals surface area contributed by atoms with Gasteiger partial charge in [-0.25, -0.2) is 4.98 Å². The van der Waals surface area contributed by atoms with Crippen LogP contribution in [0.2, 0.25) is 15.3 Å². The molecule has 0 amide bonds. The molecule has 0 aliphatic heterocycles. The summed E-state index contributed by atoms with van der Waals surface area (Å²) in [5, 5.41) is 40.6. The maximum atomic E-state index is 14.0. The third-order valence-electron chi connectivity index (χ3n) is 10.5. The number of halogens is 3. The van der Waals surface area contributed by atoms with Crippen LogP contribution in [-0.4, -0.2) is 47.3 Å². The van der Waals surface area contributed by atoms with Crippen LogP contribution in [0.4, 0.5) is 46.0 Å². The molecule has 0 saturated heterocycles. The smallest absolute Gasteiger partial charge is 0.295 e. The number of nitrogens with one attached hydrogen (secondary N) is 2. The van der Waals surface area contributed by atoms with E-state index in [0.29, 0.717) is 26.8 Å². The zero-order valence-electron chi connectivity index (χ0n) is 34.9. The van der Waals surface area contributed by atoms with Gasteiger partial charge in [0, 0.05) is 61.7 Å². The summed E-state index contributed by atoms with van der Waals surface area (Å²) in [4.78, 5) is 54.6. The van der Waals surface area contributed by atoms with Crippen LogP contribution < -0.4 is 16.2 Å². The molecule has 0 aliphatic rings. The third-order valence-corrected chi connectivity index (χ3v) is 12.1. The normalized spacial score (nSPS) is 11.6. The maximum absolute atomic E-state index is 14.0. The Bertz CT molecular complexity index is 3770. The highest BCUT2D eigenvalue weighted by Gasteiger charge is 2.24. The number of nitro benzene ring substituents is 2. The number of nitrogens with zero attached hydrogens (tertiary/aromatic N) is 9. The van der Waals surface area contributed by atoms with Crippen molar-refractivity contribution >= 4 is 113 Å². The van der Waals surface area contributed by atoms with Crippen LogP contribution in [-0.2, 0) is 16.5 Å². The number of rotatable bonds is 13. The molecule has 7 aromatic carbocycles. The average Bonchev–Trinajstić information content (AvgIpc) is 3.32. The second-order valence-corrected chi connectivity index (χ2v) is 17.5. The summed E-state index contributed by atoms with van der Waals surface area (Å²) >= 11 is 18.4. The lowest BCUT2D eigenvalue weighted by Gasteiger charge is -2.15. The molecule has 0 aliphatic carbocycles. The molecule has 0 radical (unpaired) electrons. The van der Waals surface area contributed by atoms with E-state index >= 15 is 0 Å². The van der Waals surface area contributed by atoms with Crippen molar-refractivity contribution in [1.29, 1.82) is 0 Å². The fourth-order valence-electron chi connectivity index (χ4n) is 7.45. The van der Waals surface area contributed by atoms with Gasteiger partial charge in [0.05, 0.1) is 43.5 Å². The molecule has 0 unspecified atom stereocenters. The van der Waals surface area contributed by atoms with E-state index in [-0.39, 0.29) is 79.5 Å². The molecular formula is C46H28Cl3N11O8S. The van der Waals surface area contributed by atoms with Crippen LogP contribution in [0.3, 0.4) is 0 Å². The van der Waals surface area contributed by atoms with Gasteiger partial charge in [-0.2, -0.15) is 28.5 Å². The molecule has 19 nitrogen and oxygen atoms in total. The molecular weight excluding hydrogens is 973 g/mol. The van der Waals surface area contributed by atoms with Gasteiger partial charge in [-0.05, 0) is 96.5 Å². The van der Waals surface area contributed by atoms with Crippen molar-refractivity contribution in [3.8, 4) is 17.1 Å². The van der Waals surface area contributed by atoms with Gasteiger partial charge >= 0.3 is 0 Å². The van der Waals surface area contributed by atoms with Gasteiger partial charge in [0.2, 0.25) is 17.2 Å². The van der Waals surface area contributed by atoms with E-state index in [2.05, 4.69) is 35.8 Å². The molecule has 0 fully saturated rings. The Hall–Kier alpha value is -8.27. The average molecular weight is 1000 g/mol. The van der Waals surface area contributed by atoms with Crippen LogP contribution in [0.1, 0.15) is 11.1 Å². The maximum Gasteiger partial charge on any atom is 0.295 e. The molecule has 0 spiro atoms. The van der Waals surface area contributed by atoms with E-state index in [1.165, 1.54) is 71.3 Å². The van der Waals surface area contributed by atoms with Crippen molar-refractivity contribution in [2.45, 2.75) is 11.3 Å². The Labute approximate surface area is 403 Å². The first kappa shape index (κ1) is 45.9. The lowest BCUT2D eigenvalue weighted by Crippen LogP contribution is -2.22. The predicted octanol–water partition coefficient (Wildman–Crippen LogP) is 11.9. The van der Waals surface area contributed by atoms with Gasteiger partial charge in [-0.1, -0.05) is 65.7 Å². The van der Waals surface area contributed by atoms with Crippen molar-refractivity contribution in [2.75, 3.05) is 10.6 Å². The van der Waals surface area contributed by atoms with Crippen molar-refractivity contribution in [3.05, 3.63) is 197 Å². The zero-order chi connectivity index (χ0) is 48.6. The lowest BCUT2D eigenvalue weighted by atomic mass is 10.0. The number of anilines is 4. The zero-order valence-corrected chi connectivity index (χ0v) is 37.9. The summed E-state index contributed by atoms with van der Waals surface area (Å²) in [6.45, 7) is 0. The summed E-state index contributed by atoms with van der Waals surface area (Å²) in [6, 6.07) is 35.2. The molecule has 342 valence electrons. The Kier molecular flexibility index (Phi) is 12.5. The van der Waals surface area contributed by atoms with E-state index < -0.39 is 41.8 Å². The molecule has 9 rings (SSSR count). The minimum absolute atomic E-state index is 0.00929. The third kappa shape index (κ3) is 9.77. The van der Waals surface area contributed by atoms with Gasteiger partial charge in [0.1, 0.15) is 10.7 Å². The molecule has 69 heavy (non-hydrogen) atoms. The minimum Gasteiger partial charge on any atom is -0.324 e. The van der Waals surface area contributed by atoms with Crippen molar-refractivity contribution in [2.24, 2.45) is 10.2 Å². The number of hydrogen-bond donors (Lipinski definition) is 3. The first-order valence-corrected chi connectivity index (χ1v) is 22.7. The topological polar surface area (TPSA) is 263 Å². The van der Waals surface area contributed by atoms with E-state index in [4.69, 9.17) is 39.8 Å². The first-order chi connectivity index (χ1) is 33.1. The number of fused-ring (bicyclic) bond motifs is 2. The number of hydrogen-bond acceptors (Lipinski definition) is 15. The van der Waals surface area contributed by atoms with Crippen LogP contribution in [0, 0.1) is 20.2 Å². The number of aromatic nitrogens is 5. The second kappa shape index (κ2) is 18.8. The Morgan fingerprint density at radius 2 is 1.35 bits per heavy atom. The fraction of sp³-hybridized carbons (Fsp3) is 0.0217. The molecule has 23 heteroatoms. The first-order valence-electron chi connectivity index (χ1n) is 20.1. The quantitative estimate of drug-likeness (QED) is 0.0420. The van der Waals surface area contributed by atoms with Gasteiger partial charge in [-0.15, -0.1) is 5.11 Å². The van der Waals surface area contributed by atoms with Crippen molar-refractivity contribution < 1.29 is 22.8 Å². The molecule has 0 saturated carbocycles. The predicted molar refractivity (Wildman–Crippen MR) is 261 cm³/mol. The summed E-state index contributed by atoms with van der Waals surface area (Å²) in [6.07, 6.45) is -0.262. The standard InChI is InChI=1S/C46H28Cl3N11O8S/c47-28-11-15-30(16-12-28)50-45-53-44(49)54-46(55-45)52-36-20-19-35(33-7-4-8-40(41(33)36)69(66,67)68)57-56-31-14-9-26(38(23-31)59(62)63)21-27-10-17-32(24-39(27)60(64)65)58-42(25-5-2-1-3-6-25)51-37-22-29(48)13-18-34(37)43(58)61/h1-20,22-24H,21H2,(H,66,67,68)(H2,50,52,53,54,55). The van der Waals surface area contributed by atoms with E-state index in [1.54, 1.807) is 66.7 Å². The van der Waals surface area contributed by atoms with E-state index in [1.807, 2.05) is 0 Å².